The molecule has 264 valence electrons. The number of rotatable bonds is 6. The summed E-state index contributed by atoms with van der Waals surface area (Å²) in [5.41, 5.74) is 12.7. The van der Waals surface area contributed by atoms with Crippen LogP contribution in [-0.4, -0.2) is 19.1 Å². The number of allylic oxidation sites excluding steroid dienone is 2. The lowest BCUT2D eigenvalue weighted by molar-refractivity contribution is 0.762. The fourth-order valence-corrected chi connectivity index (χ4v) is 8.41. The molecule has 1 aliphatic heterocycles. The summed E-state index contributed by atoms with van der Waals surface area (Å²) in [6, 6.07) is 66.2. The van der Waals surface area contributed by atoms with E-state index in [1.54, 1.807) is 0 Å². The molecule has 1 atom stereocenters. The van der Waals surface area contributed by atoms with Gasteiger partial charge in [0.1, 0.15) is 0 Å². The molecule has 0 aliphatic carbocycles. The van der Waals surface area contributed by atoms with Crippen molar-refractivity contribution < 1.29 is 0 Å². The summed E-state index contributed by atoms with van der Waals surface area (Å²) in [7, 11) is 0. The molecule has 0 saturated carbocycles. The van der Waals surface area contributed by atoms with Crippen molar-refractivity contribution in [2.24, 2.45) is 0 Å². The number of nitrogens with zero attached hydrogens (tertiary/aromatic N) is 4. The number of hydrogen-bond donors (Lipinski definition) is 1. The number of para-hydroxylation sites is 2. The third-order valence-corrected chi connectivity index (χ3v) is 11.0. The number of nitrogens with one attached hydrogen (secondary N) is 1. The number of benzene rings is 7. The van der Waals surface area contributed by atoms with E-state index in [1.807, 2.05) is 12.1 Å². The highest BCUT2D eigenvalue weighted by molar-refractivity contribution is 6.24. The van der Waals surface area contributed by atoms with Crippen LogP contribution in [0, 0.1) is 0 Å². The Kier molecular flexibility index (Phi) is 7.49. The van der Waals surface area contributed by atoms with Crippen molar-refractivity contribution in [3.8, 4) is 28.5 Å². The number of aromatic nitrogens is 4. The Hall–Kier alpha value is -7.50. The zero-order valence-electron chi connectivity index (χ0n) is 30.4. The molecular weight excluding hydrogens is 683 g/mol. The molecule has 7 aromatic carbocycles. The van der Waals surface area contributed by atoms with Crippen molar-refractivity contribution in [1.29, 1.82) is 0 Å². The summed E-state index contributed by atoms with van der Waals surface area (Å²) in [6.45, 7) is 0. The molecule has 1 N–H and O–H groups in total. The number of dihydropyridines is 1. The molecular formula is C51H35N5. The van der Waals surface area contributed by atoms with Crippen molar-refractivity contribution in [2.75, 3.05) is 0 Å². The Morgan fingerprint density at radius 2 is 0.893 bits per heavy atom. The molecule has 5 nitrogen and oxygen atoms in total. The topological polar surface area (TPSA) is 47.7 Å². The van der Waals surface area contributed by atoms with Crippen LogP contribution >= 0.6 is 0 Å². The smallest absolute Gasteiger partial charge is 0.235 e. The largest absolute Gasteiger partial charge is 0.374 e. The molecule has 0 spiro atoms. The lowest BCUT2D eigenvalue weighted by Crippen LogP contribution is -2.22. The first-order chi connectivity index (χ1) is 27.8. The second-order valence-corrected chi connectivity index (χ2v) is 14.3. The van der Waals surface area contributed by atoms with Crippen LogP contribution in [0.2, 0.25) is 0 Å². The molecule has 0 amide bonds. The van der Waals surface area contributed by atoms with Gasteiger partial charge in [-0.05, 0) is 41.5 Å². The molecule has 4 heterocycles. The van der Waals surface area contributed by atoms with Gasteiger partial charge in [-0.2, -0.15) is 0 Å². The second kappa shape index (κ2) is 13.1. The van der Waals surface area contributed by atoms with Crippen LogP contribution in [0.5, 0.6) is 0 Å². The van der Waals surface area contributed by atoms with Crippen molar-refractivity contribution in [1.82, 2.24) is 24.4 Å². The van der Waals surface area contributed by atoms with E-state index in [0.29, 0.717) is 5.95 Å². The standard InChI is InChI=1S/C51H35N5/c1-5-17-34(18-6-1)43-31-38(32-44(52-43)35-19-7-2-8-20-35)55-47-27-15-13-25-39(47)41-29-30-42-40-26-14-16-28-48(40)56(50(42)49(41)55)51-53-45(36-21-9-3-10-22-36)33-46(54-51)37-23-11-4-12-24-37/h1-33,43,52H. The Bertz CT molecular complexity index is 3080. The van der Waals surface area contributed by atoms with E-state index >= 15 is 0 Å². The van der Waals surface area contributed by atoms with Crippen LogP contribution in [0.1, 0.15) is 17.2 Å². The van der Waals surface area contributed by atoms with Gasteiger partial charge in [-0.15, -0.1) is 0 Å². The third kappa shape index (κ3) is 5.24. The summed E-state index contributed by atoms with van der Waals surface area (Å²) in [5.74, 6) is 0.627. The highest BCUT2D eigenvalue weighted by atomic mass is 15.2. The average Bonchev–Trinajstić information content (AvgIpc) is 3.81. The summed E-state index contributed by atoms with van der Waals surface area (Å²) < 4.78 is 4.75. The quantitative estimate of drug-likeness (QED) is 0.186. The average molecular weight is 718 g/mol. The van der Waals surface area contributed by atoms with Crippen molar-refractivity contribution in [2.45, 2.75) is 6.04 Å². The minimum Gasteiger partial charge on any atom is -0.374 e. The van der Waals surface area contributed by atoms with E-state index in [1.165, 1.54) is 16.3 Å². The van der Waals surface area contributed by atoms with Gasteiger partial charge in [-0.1, -0.05) is 170 Å². The zero-order valence-corrected chi connectivity index (χ0v) is 30.4. The highest BCUT2D eigenvalue weighted by Gasteiger charge is 2.25. The van der Waals surface area contributed by atoms with Gasteiger partial charge < -0.3 is 9.88 Å². The molecule has 0 saturated heterocycles. The summed E-state index contributed by atoms with van der Waals surface area (Å²) in [4.78, 5) is 10.8. The monoisotopic (exact) mass is 717 g/mol. The van der Waals surface area contributed by atoms with E-state index < -0.39 is 0 Å². The predicted octanol–water partition coefficient (Wildman–Crippen LogP) is 12.2. The minimum absolute atomic E-state index is 0.0491. The van der Waals surface area contributed by atoms with E-state index in [0.717, 1.165) is 72.3 Å². The summed E-state index contributed by atoms with van der Waals surface area (Å²) >= 11 is 0. The van der Waals surface area contributed by atoms with Gasteiger partial charge in [0.2, 0.25) is 5.95 Å². The van der Waals surface area contributed by atoms with Crippen LogP contribution in [0.15, 0.2) is 200 Å². The fraction of sp³-hybridized carbons (Fsp3) is 0.0196. The summed E-state index contributed by atoms with van der Waals surface area (Å²) in [5, 5.41) is 8.52. The first kappa shape index (κ1) is 32.0. The maximum absolute atomic E-state index is 5.38. The summed E-state index contributed by atoms with van der Waals surface area (Å²) in [6.07, 6.45) is 4.66. The lowest BCUT2D eigenvalue weighted by atomic mass is 9.99. The van der Waals surface area contributed by atoms with Crippen molar-refractivity contribution in [3.63, 3.8) is 0 Å². The molecule has 56 heavy (non-hydrogen) atoms. The van der Waals surface area contributed by atoms with Gasteiger partial charge in [-0.3, -0.25) is 4.57 Å². The molecule has 1 unspecified atom stereocenters. The first-order valence-corrected chi connectivity index (χ1v) is 19.0. The van der Waals surface area contributed by atoms with Gasteiger partial charge in [0, 0.05) is 44.1 Å². The second-order valence-electron chi connectivity index (χ2n) is 14.3. The van der Waals surface area contributed by atoms with Crippen molar-refractivity contribution >= 4 is 55.0 Å². The van der Waals surface area contributed by atoms with Gasteiger partial charge >= 0.3 is 0 Å². The Labute approximate surface area is 324 Å². The Morgan fingerprint density at radius 3 is 1.46 bits per heavy atom. The normalized spacial score (nSPS) is 14.2. The van der Waals surface area contributed by atoms with E-state index in [9.17, 15) is 0 Å². The van der Waals surface area contributed by atoms with E-state index in [2.05, 4.69) is 203 Å². The van der Waals surface area contributed by atoms with Crippen LogP contribution in [0.3, 0.4) is 0 Å². The lowest BCUT2D eigenvalue weighted by Gasteiger charge is -2.26. The van der Waals surface area contributed by atoms with Crippen LogP contribution in [-0.2, 0) is 0 Å². The fourth-order valence-electron chi connectivity index (χ4n) is 8.41. The van der Waals surface area contributed by atoms with Gasteiger partial charge in [0.15, 0.2) is 0 Å². The minimum atomic E-state index is -0.0491. The van der Waals surface area contributed by atoms with E-state index in [-0.39, 0.29) is 6.04 Å². The van der Waals surface area contributed by atoms with Gasteiger partial charge in [-0.25, -0.2) is 9.97 Å². The molecule has 0 bridgehead atoms. The van der Waals surface area contributed by atoms with Crippen LogP contribution in [0.4, 0.5) is 0 Å². The van der Waals surface area contributed by atoms with E-state index in [4.69, 9.17) is 9.97 Å². The molecule has 5 heteroatoms. The molecule has 0 fully saturated rings. The number of fused-ring (bicyclic) bond motifs is 7. The first-order valence-electron chi connectivity index (χ1n) is 19.0. The molecule has 0 radical (unpaired) electrons. The van der Waals surface area contributed by atoms with Gasteiger partial charge in [0.25, 0.3) is 0 Å². The zero-order chi connectivity index (χ0) is 37.0. The Balaban J connectivity index is 1.27. The van der Waals surface area contributed by atoms with Gasteiger partial charge in [0.05, 0.1) is 39.5 Å². The highest BCUT2D eigenvalue weighted by Crippen LogP contribution is 2.43. The maximum atomic E-state index is 5.38. The predicted molar refractivity (Wildman–Crippen MR) is 231 cm³/mol. The molecule has 11 rings (SSSR count). The number of hydrogen-bond acceptors (Lipinski definition) is 3. The maximum Gasteiger partial charge on any atom is 0.235 e. The Morgan fingerprint density at radius 1 is 0.429 bits per heavy atom. The van der Waals surface area contributed by atoms with Crippen LogP contribution < -0.4 is 5.32 Å². The van der Waals surface area contributed by atoms with Crippen LogP contribution in [0.25, 0.3) is 83.5 Å². The third-order valence-electron chi connectivity index (χ3n) is 11.0. The molecule has 3 aromatic heterocycles. The van der Waals surface area contributed by atoms with Crippen molar-refractivity contribution in [3.05, 3.63) is 211 Å². The molecule has 10 aromatic rings. The SMILES string of the molecule is C1=C(c2ccccc2)NC(c2ccccc2)C=C1n1c2ccccc2c2ccc3c4ccccc4n(-c4nc(-c5ccccc5)cc(-c5ccccc5)n4)c3c21. The molecule has 1 aliphatic rings.